The summed E-state index contributed by atoms with van der Waals surface area (Å²) in [5.74, 6) is 1.98. The van der Waals surface area contributed by atoms with Crippen LogP contribution in [0.3, 0.4) is 0 Å². The molecule has 1 aromatic heterocycles. The summed E-state index contributed by atoms with van der Waals surface area (Å²) in [7, 11) is 1.64. The van der Waals surface area contributed by atoms with Crippen LogP contribution in [0.2, 0.25) is 0 Å². The summed E-state index contributed by atoms with van der Waals surface area (Å²) >= 11 is 5.44. The summed E-state index contributed by atoms with van der Waals surface area (Å²) < 4.78 is 19.2. The van der Waals surface area contributed by atoms with Gasteiger partial charge in [-0.15, -0.1) is 0 Å². The van der Waals surface area contributed by atoms with Crippen LogP contribution in [0.4, 0.5) is 10.5 Å². The molecular formula is C28H43N5O4S. The second-order valence-electron chi connectivity index (χ2n) is 10.7. The highest BCUT2D eigenvalue weighted by Crippen LogP contribution is 2.31. The Hall–Kier alpha value is -3.01. The number of likely N-dealkylation sites (tertiary alicyclic amines) is 1. The Bertz CT molecular complexity index is 1040. The number of imidazole rings is 1. The molecule has 1 saturated heterocycles. The molecule has 0 saturated carbocycles. The fourth-order valence-electron chi connectivity index (χ4n) is 4.40. The number of thiocarbonyl (C=S) groups is 1. The van der Waals surface area contributed by atoms with Crippen molar-refractivity contribution in [3.8, 4) is 11.5 Å². The van der Waals surface area contributed by atoms with E-state index in [-0.39, 0.29) is 6.09 Å². The second-order valence-corrected chi connectivity index (χ2v) is 11.1. The van der Waals surface area contributed by atoms with Crippen LogP contribution >= 0.6 is 12.2 Å². The molecule has 0 bridgehead atoms. The van der Waals surface area contributed by atoms with Gasteiger partial charge in [0.2, 0.25) is 0 Å². The Morgan fingerprint density at radius 3 is 2.61 bits per heavy atom. The molecule has 1 aromatic carbocycles. The highest BCUT2D eigenvalue weighted by Gasteiger charge is 2.26. The van der Waals surface area contributed by atoms with Gasteiger partial charge in [-0.05, 0) is 90.1 Å². The van der Waals surface area contributed by atoms with E-state index in [2.05, 4.69) is 20.2 Å². The van der Waals surface area contributed by atoms with E-state index in [0.29, 0.717) is 29.1 Å². The first-order valence-corrected chi connectivity index (χ1v) is 13.9. The number of rotatable bonds is 11. The lowest BCUT2D eigenvalue weighted by molar-refractivity contribution is 0.0179. The monoisotopic (exact) mass is 545 g/mol. The zero-order valence-electron chi connectivity index (χ0n) is 23.4. The van der Waals surface area contributed by atoms with Crippen LogP contribution in [0, 0.1) is 12.8 Å². The molecule has 1 aliphatic heterocycles. The lowest BCUT2D eigenvalue weighted by Gasteiger charge is -2.33. The largest absolute Gasteiger partial charge is 0.493 e. The van der Waals surface area contributed by atoms with Gasteiger partial charge in [0.15, 0.2) is 16.6 Å². The summed E-state index contributed by atoms with van der Waals surface area (Å²) in [6, 6.07) is 5.74. The highest BCUT2D eigenvalue weighted by atomic mass is 32.1. The number of hydrogen-bond acceptors (Lipinski definition) is 6. The van der Waals surface area contributed by atoms with Crippen molar-refractivity contribution in [2.75, 3.05) is 38.7 Å². The molecule has 0 aliphatic carbocycles. The van der Waals surface area contributed by atoms with Crippen molar-refractivity contribution in [3.05, 3.63) is 36.4 Å². The number of amides is 1. The minimum absolute atomic E-state index is 0.207. The summed E-state index contributed by atoms with van der Waals surface area (Å²) in [6.07, 6.45) is 8.47. The predicted octanol–water partition coefficient (Wildman–Crippen LogP) is 5.38. The Morgan fingerprint density at radius 2 is 1.95 bits per heavy atom. The van der Waals surface area contributed by atoms with E-state index in [0.717, 1.165) is 69.7 Å². The summed E-state index contributed by atoms with van der Waals surface area (Å²) in [5, 5.41) is 7.02. The summed E-state index contributed by atoms with van der Waals surface area (Å²) in [4.78, 5) is 18.2. The fourth-order valence-corrected chi connectivity index (χ4v) is 4.62. The maximum atomic E-state index is 12.2. The van der Waals surface area contributed by atoms with E-state index in [1.165, 1.54) is 0 Å². The third-order valence-corrected chi connectivity index (χ3v) is 6.73. The van der Waals surface area contributed by atoms with Gasteiger partial charge < -0.3 is 34.3 Å². The maximum Gasteiger partial charge on any atom is 0.410 e. The van der Waals surface area contributed by atoms with E-state index in [1.54, 1.807) is 7.11 Å². The lowest BCUT2D eigenvalue weighted by atomic mass is 9.92. The van der Waals surface area contributed by atoms with Gasteiger partial charge in [-0.1, -0.05) is 0 Å². The topological polar surface area (TPSA) is 89.9 Å². The Kier molecular flexibility index (Phi) is 11.1. The third-order valence-electron chi connectivity index (χ3n) is 6.48. The van der Waals surface area contributed by atoms with Gasteiger partial charge in [0.1, 0.15) is 5.60 Å². The molecule has 10 heteroatoms. The normalized spacial score (nSPS) is 14.2. The Labute approximate surface area is 232 Å². The quantitative estimate of drug-likeness (QED) is 0.287. The standard InChI is InChI=1S/C28H43N5O4S/c1-21-19-29-20-33(21)14-7-13-30-26(38)31-23-9-10-24(25(18-23)35-5)36-17-6-8-22-11-15-32(16-12-22)27(34)37-28(2,3)4/h9-10,18-20,22H,6-8,11-17H2,1-5H3,(H2,30,31,38). The van der Waals surface area contributed by atoms with Gasteiger partial charge in [0.05, 0.1) is 20.0 Å². The molecule has 1 fully saturated rings. The second kappa shape index (κ2) is 14.2. The molecule has 0 spiro atoms. The van der Waals surface area contributed by atoms with Gasteiger partial charge in [0, 0.05) is 49.8 Å². The van der Waals surface area contributed by atoms with E-state index in [4.69, 9.17) is 26.4 Å². The number of aryl methyl sites for hydroxylation is 2. The first-order chi connectivity index (χ1) is 18.1. The molecule has 9 nitrogen and oxygen atoms in total. The van der Waals surface area contributed by atoms with E-state index >= 15 is 0 Å². The molecule has 1 aliphatic rings. The fraction of sp³-hybridized carbons (Fsp3) is 0.607. The van der Waals surface area contributed by atoms with Crippen molar-refractivity contribution in [2.24, 2.45) is 5.92 Å². The van der Waals surface area contributed by atoms with Crippen molar-refractivity contribution in [3.63, 3.8) is 0 Å². The first kappa shape index (κ1) is 29.5. The predicted molar refractivity (Wildman–Crippen MR) is 154 cm³/mol. The number of nitrogens with one attached hydrogen (secondary N) is 2. The van der Waals surface area contributed by atoms with Gasteiger partial charge in [-0.2, -0.15) is 0 Å². The molecule has 2 N–H and O–H groups in total. The summed E-state index contributed by atoms with van der Waals surface area (Å²) in [6.45, 7) is 11.5. The first-order valence-electron chi connectivity index (χ1n) is 13.4. The van der Waals surface area contributed by atoms with Gasteiger partial charge >= 0.3 is 6.09 Å². The number of aromatic nitrogens is 2. The molecule has 2 aromatic rings. The van der Waals surface area contributed by atoms with Gasteiger partial charge in [-0.3, -0.25) is 0 Å². The van der Waals surface area contributed by atoms with Crippen LogP contribution in [-0.4, -0.2) is 64.6 Å². The number of piperidine rings is 1. The van der Waals surface area contributed by atoms with Crippen LogP contribution in [0.15, 0.2) is 30.7 Å². The van der Waals surface area contributed by atoms with Gasteiger partial charge in [0.25, 0.3) is 0 Å². The molecule has 210 valence electrons. The molecule has 38 heavy (non-hydrogen) atoms. The number of benzene rings is 1. The molecular weight excluding hydrogens is 502 g/mol. The SMILES string of the molecule is COc1cc(NC(=S)NCCCn2cncc2C)ccc1OCCCC1CCN(C(=O)OC(C)(C)C)CC1. The van der Waals surface area contributed by atoms with Crippen molar-refractivity contribution in [2.45, 2.75) is 71.9 Å². The molecule has 2 heterocycles. The van der Waals surface area contributed by atoms with E-state index in [9.17, 15) is 4.79 Å². The number of carbonyl (C=O) groups excluding carboxylic acids is 1. The molecule has 1 amide bonds. The molecule has 0 radical (unpaired) electrons. The van der Waals surface area contributed by atoms with Crippen LogP contribution in [0.25, 0.3) is 0 Å². The van der Waals surface area contributed by atoms with Gasteiger partial charge in [-0.25, -0.2) is 9.78 Å². The average Bonchev–Trinajstić information content (AvgIpc) is 3.28. The molecule has 0 atom stereocenters. The van der Waals surface area contributed by atoms with Crippen LogP contribution < -0.4 is 20.1 Å². The number of carbonyl (C=O) groups is 1. The minimum atomic E-state index is -0.454. The van der Waals surface area contributed by atoms with Crippen LogP contribution in [0.5, 0.6) is 11.5 Å². The minimum Gasteiger partial charge on any atom is -0.493 e. The van der Waals surface area contributed by atoms with Crippen molar-refractivity contribution in [1.29, 1.82) is 0 Å². The zero-order valence-corrected chi connectivity index (χ0v) is 24.2. The summed E-state index contributed by atoms with van der Waals surface area (Å²) in [5.41, 5.74) is 1.54. The Balaban J connectivity index is 1.33. The van der Waals surface area contributed by atoms with Crippen LogP contribution in [0.1, 0.15) is 58.6 Å². The highest BCUT2D eigenvalue weighted by molar-refractivity contribution is 7.80. The number of methoxy groups -OCH3 is 1. The maximum absolute atomic E-state index is 12.2. The number of anilines is 1. The smallest absolute Gasteiger partial charge is 0.410 e. The van der Waals surface area contributed by atoms with E-state index < -0.39 is 5.60 Å². The van der Waals surface area contributed by atoms with Crippen molar-refractivity contribution < 1.29 is 19.0 Å². The number of ether oxygens (including phenoxy) is 3. The van der Waals surface area contributed by atoms with E-state index in [1.807, 2.05) is 63.3 Å². The lowest BCUT2D eigenvalue weighted by Crippen LogP contribution is -2.41. The van der Waals surface area contributed by atoms with Crippen LogP contribution in [-0.2, 0) is 11.3 Å². The number of nitrogens with zero attached hydrogens (tertiary/aromatic N) is 3. The molecule has 0 unspecified atom stereocenters. The molecule has 3 rings (SSSR count). The van der Waals surface area contributed by atoms with Crippen molar-refractivity contribution in [1.82, 2.24) is 19.8 Å². The Morgan fingerprint density at radius 1 is 1.18 bits per heavy atom. The zero-order chi connectivity index (χ0) is 27.5. The third kappa shape index (κ3) is 9.70. The average molecular weight is 546 g/mol. The van der Waals surface area contributed by atoms with Crippen molar-refractivity contribution >= 4 is 29.1 Å². The number of hydrogen-bond donors (Lipinski definition) is 2.